The van der Waals surface area contributed by atoms with E-state index in [0.29, 0.717) is 6.42 Å². The van der Waals surface area contributed by atoms with Crippen LogP contribution >= 0.6 is 0 Å². The molecule has 0 saturated heterocycles. The van der Waals surface area contributed by atoms with E-state index in [1.165, 1.54) is 0 Å². The van der Waals surface area contributed by atoms with Crippen LogP contribution in [-0.4, -0.2) is 16.2 Å². The molecule has 1 N–H and O–H groups in total. The van der Waals surface area contributed by atoms with Crippen molar-refractivity contribution in [2.45, 2.75) is 26.2 Å². The van der Waals surface area contributed by atoms with Gasteiger partial charge in [-0.15, -0.1) is 0 Å². The van der Waals surface area contributed by atoms with Crippen LogP contribution in [0.4, 0.5) is 0 Å². The summed E-state index contributed by atoms with van der Waals surface area (Å²) in [6.07, 6.45) is 1.48. The Hall–Kier alpha value is -1.84. The summed E-state index contributed by atoms with van der Waals surface area (Å²) in [6, 6.07) is 5.73. The summed E-state index contributed by atoms with van der Waals surface area (Å²) in [4.78, 5) is 10.5. The number of carbonyl (C=O) groups is 1. The lowest BCUT2D eigenvalue weighted by molar-refractivity contribution is -0.136. The summed E-state index contributed by atoms with van der Waals surface area (Å²) >= 11 is 0. The number of fused-ring (bicyclic) bond motifs is 1. The molecule has 0 aliphatic carbocycles. The largest absolute Gasteiger partial charge is 0.481 e. The third-order valence-corrected chi connectivity index (χ3v) is 2.56. The van der Waals surface area contributed by atoms with Crippen molar-refractivity contribution in [2.75, 3.05) is 0 Å². The summed E-state index contributed by atoms with van der Waals surface area (Å²) in [5, 5.41) is 13.5. The summed E-state index contributed by atoms with van der Waals surface area (Å²) in [5.74, 6) is 0.0771. The third kappa shape index (κ3) is 2.05. The zero-order valence-electron chi connectivity index (χ0n) is 9.06. The maximum absolute atomic E-state index is 10.5. The Morgan fingerprint density at radius 2 is 2.31 bits per heavy atom. The first-order valence-electron chi connectivity index (χ1n) is 5.29. The fourth-order valence-electron chi connectivity index (χ4n) is 1.70. The minimum Gasteiger partial charge on any atom is -0.481 e. The van der Waals surface area contributed by atoms with Crippen LogP contribution in [0, 0.1) is 0 Å². The number of carboxylic acids is 1. The van der Waals surface area contributed by atoms with Gasteiger partial charge in [-0.05, 0) is 24.1 Å². The van der Waals surface area contributed by atoms with E-state index in [9.17, 15) is 4.79 Å². The van der Waals surface area contributed by atoms with Crippen molar-refractivity contribution >= 4 is 16.9 Å². The fraction of sp³-hybridized carbons (Fsp3) is 0.333. The predicted octanol–water partition coefficient (Wildman–Crippen LogP) is 2.41. The molecule has 4 heteroatoms. The van der Waals surface area contributed by atoms with Crippen LogP contribution in [0.2, 0.25) is 0 Å². The lowest BCUT2D eigenvalue weighted by Crippen LogP contribution is -1.97. The predicted molar refractivity (Wildman–Crippen MR) is 59.3 cm³/mol. The first kappa shape index (κ1) is 10.7. The van der Waals surface area contributed by atoms with Crippen molar-refractivity contribution in [1.82, 2.24) is 5.16 Å². The van der Waals surface area contributed by atoms with Crippen molar-refractivity contribution in [3.05, 3.63) is 29.5 Å². The van der Waals surface area contributed by atoms with Gasteiger partial charge in [-0.25, -0.2) is 0 Å². The Balaban J connectivity index is 2.30. The molecule has 0 spiro atoms. The number of carboxylic acid groups (broad SMARTS) is 1. The molecule has 0 aliphatic heterocycles. The van der Waals surface area contributed by atoms with Gasteiger partial charge in [-0.2, -0.15) is 0 Å². The minimum atomic E-state index is -0.777. The van der Waals surface area contributed by atoms with Crippen LogP contribution in [0.15, 0.2) is 22.7 Å². The average molecular weight is 219 g/mol. The summed E-state index contributed by atoms with van der Waals surface area (Å²) in [6.45, 7) is 2.00. The molecule has 0 saturated carbocycles. The molecule has 2 rings (SSSR count). The van der Waals surface area contributed by atoms with E-state index in [2.05, 4.69) is 5.16 Å². The van der Waals surface area contributed by atoms with E-state index in [4.69, 9.17) is 9.63 Å². The molecule has 1 heterocycles. The van der Waals surface area contributed by atoms with Crippen molar-refractivity contribution in [1.29, 1.82) is 0 Å². The van der Waals surface area contributed by atoms with Crippen LogP contribution in [0.1, 0.15) is 24.7 Å². The fourth-order valence-corrected chi connectivity index (χ4v) is 1.70. The number of hydrogen-bond donors (Lipinski definition) is 1. The molecule has 0 fully saturated rings. The van der Waals surface area contributed by atoms with E-state index in [-0.39, 0.29) is 6.42 Å². The summed E-state index contributed by atoms with van der Waals surface area (Å²) in [5.41, 5.74) is 1.84. The lowest BCUT2D eigenvalue weighted by atomic mass is 10.1. The van der Waals surface area contributed by atoms with Gasteiger partial charge < -0.3 is 9.63 Å². The molecular weight excluding hydrogens is 206 g/mol. The Bertz CT molecular complexity index is 516. The van der Waals surface area contributed by atoms with Gasteiger partial charge in [0.15, 0.2) is 0 Å². The third-order valence-electron chi connectivity index (χ3n) is 2.56. The second kappa shape index (κ2) is 4.35. The Morgan fingerprint density at radius 3 is 3.00 bits per heavy atom. The first-order valence-corrected chi connectivity index (χ1v) is 5.29. The topological polar surface area (TPSA) is 63.3 Å². The van der Waals surface area contributed by atoms with Crippen molar-refractivity contribution in [3.63, 3.8) is 0 Å². The van der Waals surface area contributed by atoms with Crippen molar-refractivity contribution in [2.24, 2.45) is 0 Å². The Morgan fingerprint density at radius 1 is 1.50 bits per heavy atom. The molecule has 84 valence electrons. The number of rotatable bonds is 4. The maximum atomic E-state index is 10.5. The highest BCUT2D eigenvalue weighted by molar-refractivity contribution is 5.81. The first-order chi connectivity index (χ1) is 7.70. The molecule has 0 aliphatic rings. The van der Waals surface area contributed by atoms with Gasteiger partial charge in [0.2, 0.25) is 0 Å². The highest BCUT2D eigenvalue weighted by Crippen LogP contribution is 2.20. The smallest absolute Gasteiger partial charge is 0.303 e. The molecule has 0 amide bonds. The summed E-state index contributed by atoms with van der Waals surface area (Å²) < 4.78 is 5.18. The number of aromatic nitrogens is 1. The van der Waals surface area contributed by atoms with Gasteiger partial charge in [0.1, 0.15) is 11.3 Å². The quantitative estimate of drug-likeness (QED) is 0.857. The van der Waals surface area contributed by atoms with Gasteiger partial charge in [0.25, 0.3) is 0 Å². The number of benzene rings is 1. The van der Waals surface area contributed by atoms with E-state index < -0.39 is 5.97 Å². The molecule has 16 heavy (non-hydrogen) atoms. The van der Waals surface area contributed by atoms with E-state index in [1.54, 1.807) is 0 Å². The van der Waals surface area contributed by atoms with E-state index in [0.717, 1.165) is 28.6 Å². The second-order valence-electron chi connectivity index (χ2n) is 3.70. The molecule has 0 bridgehead atoms. The van der Waals surface area contributed by atoms with Crippen LogP contribution in [-0.2, 0) is 17.6 Å². The van der Waals surface area contributed by atoms with Gasteiger partial charge in [-0.1, -0.05) is 18.1 Å². The minimum absolute atomic E-state index is 0.151. The molecule has 0 atom stereocenters. The Kier molecular flexibility index (Phi) is 2.90. The molecular formula is C12H13NO3. The number of aryl methyl sites for hydroxylation is 2. The molecule has 0 radical (unpaired) electrons. The number of hydrogen-bond acceptors (Lipinski definition) is 3. The average Bonchev–Trinajstić information content (AvgIpc) is 2.68. The molecule has 4 nitrogen and oxygen atoms in total. The van der Waals surface area contributed by atoms with Crippen LogP contribution < -0.4 is 0 Å². The van der Waals surface area contributed by atoms with Crippen molar-refractivity contribution in [3.8, 4) is 0 Å². The van der Waals surface area contributed by atoms with Crippen LogP contribution in [0.25, 0.3) is 10.9 Å². The Labute approximate surface area is 92.9 Å². The molecule has 0 unspecified atom stereocenters. The van der Waals surface area contributed by atoms with Gasteiger partial charge in [0.05, 0.1) is 0 Å². The maximum Gasteiger partial charge on any atom is 0.303 e. The molecule has 2 aromatic rings. The van der Waals surface area contributed by atoms with E-state index in [1.807, 2.05) is 25.1 Å². The number of nitrogens with zero attached hydrogens (tertiary/aromatic N) is 1. The molecule has 1 aromatic heterocycles. The van der Waals surface area contributed by atoms with Crippen LogP contribution in [0.3, 0.4) is 0 Å². The SMILES string of the molecule is CCc1onc2ccc(CCC(=O)O)cc12. The van der Waals surface area contributed by atoms with Gasteiger partial charge in [-0.3, -0.25) is 4.79 Å². The van der Waals surface area contributed by atoms with Crippen molar-refractivity contribution < 1.29 is 14.4 Å². The van der Waals surface area contributed by atoms with E-state index >= 15 is 0 Å². The van der Waals surface area contributed by atoms with Gasteiger partial charge >= 0.3 is 5.97 Å². The van der Waals surface area contributed by atoms with Crippen LogP contribution in [0.5, 0.6) is 0 Å². The highest BCUT2D eigenvalue weighted by atomic mass is 16.5. The lowest BCUT2D eigenvalue weighted by Gasteiger charge is -1.98. The normalized spacial score (nSPS) is 10.8. The standard InChI is InChI=1S/C12H13NO3/c1-2-11-9-7-8(4-6-12(14)15)3-5-10(9)13-16-11/h3,5,7H,2,4,6H2,1H3,(H,14,15). The molecule has 1 aromatic carbocycles. The number of aliphatic carboxylic acids is 1. The zero-order valence-corrected chi connectivity index (χ0v) is 9.06. The summed E-state index contributed by atoms with van der Waals surface area (Å²) in [7, 11) is 0. The highest BCUT2D eigenvalue weighted by Gasteiger charge is 2.07. The zero-order chi connectivity index (χ0) is 11.5. The monoisotopic (exact) mass is 219 g/mol. The van der Waals surface area contributed by atoms with Gasteiger partial charge in [0, 0.05) is 18.2 Å². The second-order valence-corrected chi connectivity index (χ2v) is 3.70.